The van der Waals surface area contributed by atoms with Crippen LogP contribution in [-0.4, -0.2) is 0 Å². The van der Waals surface area contributed by atoms with Crippen molar-refractivity contribution >= 4 is 11.1 Å². The number of allylic oxidation sites excluding steroid dienone is 8. The molecule has 4 aliphatic carbocycles. The number of hydrogen-bond donors (Lipinski definition) is 0. The van der Waals surface area contributed by atoms with Crippen molar-refractivity contribution in [2.24, 2.45) is 11.8 Å². The van der Waals surface area contributed by atoms with E-state index in [0.29, 0.717) is 11.8 Å². The normalized spacial score (nSPS) is 22.5. The fourth-order valence-corrected chi connectivity index (χ4v) is 6.84. The molecule has 2 aromatic rings. The van der Waals surface area contributed by atoms with E-state index in [1.807, 2.05) is 0 Å². The van der Waals surface area contributed by atoms with Gasteiger partial charge in [0.25, 0.3) is 0 Å². The fraction of sp³-hybridized carbons (Fsp3) is 0.250. The summed E-state index contributed by atoms with van der Waals surface area (Å²) >= 11 is 0. The molecule has 0 amide bonds. The number of fused-ring (bicyclic) bond motifs is 2. The molecule has 0 saturated heterocycles. The Kier molecular flexibility index (Phi) is 7.82. The summed E-state index contributed by atoms with van der Waals surface area (Å²) in [6, 6.07) is 21.7. The van der Waals surface area contributed by atoms with Crippen molar-refractivity contribution in [3.8, 4) is 0 Å². The molecule has 0 heteroatoms. The van der Waals surface area contributed by atoms with Gasteiger partial charge in [-0.15, -0.1) is 0 Å². The smallest absolute Gasteiger partial charge is 0.0213 e. The van der Waals surface area contributed by atoms with Crippen LogP contribution in [0.3, 0.4) is 0 Å². The third-order valence-corrected chi connectivity index (χ3v) is 8.87. The predicted octanol–water partition coefficient (Wildman–Crippen LogP) is 10.2. The van der Waals surface area contributed by atoms with Gasteiger partial charge in [0, 0.05) is 23.7 Å². The summed E-state index contributed by atoms with van der Waals surface area (Å²) in [7, 11) is 0. The minimum atomic E-state index is 0.482. The van der Waals surface area contributed by atoms with Crippen molar-refractivity contribution < 1.29 is 0 Å². The molecule has 0 nitrogen and oxygen atoms in total. The zero-order valence-corrected chi connectivity index (χ0v) is 24.8. The molecule has 4 aliphatic rings. The first kappa shape index (κ1) is 27.6. The van der Waals surface area contributed by atoms with Crippen molar-refractivity contribution in [3.05, 3.63) is 167 Å². The summed E-state index contributed by atoms with van der Waals surface area (Å²) in [4.78, 5) is 0. The Labute approximate surface area is 244 Å². The lowest BCUT2D eigenvalue weighted by Gasteiger charge is -2.36. The quantitative estimate of drug-likeness (QED) is 0.341. The van der Waals surface area contributed by atoms with E-state index in [9.17, 15) is 0 Å². The van der Waals surface area contributed by atoms with Gasteiger partial charge in [-0.3, -0.25) is 0 Å². The average Bonchev–Trinajstić information content (AvgIpc) is 3.47. The summed E-state index contributed by atoms with van der Waals surface area (Å²) in [6.07, 6.45) is 16.4. The van der Waals surface area contributed by atoms with Gasteiger partial charge >= 0.3 is 0 Å². The summed E-state index contributed by atoms with van der Waals surface area (Å²) < 4.78 is 0. The molecule has 2 aromatic carbocycles. The molecule has 0 N–H and O–H groups in total. The van der Waals surface area contributed by atoms with Crippen molar-refractivity contribution in [3.63, 3.8) is 0 Å². The standard InChI is InChI=1S/C40H40/c1-25(2)31-17-21-35(29-13-9-7-10-14-29)37-23-27(5)33(39(31)37)19-20-34-28(6)24-38-36(30-15-11-8-12-16-30)22-18-32(26(3)4)40(34)38/h7-18,21-26H,19-20H2,1-6H3. The Hall–Kier alpha value is -2.60. The molecule has 0 atom stereocenters. The van der Waals surface area contributed by atoms with Crippen molar-refractivity contribution in [2.45, 2.75) is 54.4 Å². The van der Waals surface area contributed by atoms with E-state index in [-0.39, 0.29) is 0 Å². The number of benzene rings is 2. The monoisotopic (exact) mass is 520 g/mol. The molecule has 0 bridgehead atoms. The summed E-state index contributed by atoms with van der Waals surface area (Å²) in [5.74, 6) is 12.6. The lowest BCUT2D eigenvalue weighted by molar-refractivity contribution is 0.682. The first-order chi connectivity index (χ1) is 19.3. The Morgan fingerprint density at radius 2 is 0.875 bits per heavy atom. The molecule has 200 valence electrons. The Morgan fingerprint density at radius 1 is 0.500 bits per heavy atom. The van der Waals surface area contributed by atoms with Gasteiger partial charge in [0.05, 0.1) is 0 Å². The van der Waals surface area contributed by atoms with Crippen LogP contribution in [0.1, 0.15) is 65.5 Å². The fourth-order valence-electron chi connectivity index (χ4n) is 6.84. The highest BCUT2D eigenvalue weighted by molar-refractivity contribution is 5.93. The second-order valence-electron chi connectivity index (χ2n) is 12.1. The van der Waals surface area contributed by atoms with E-state index >= 15 is 0 Å². The first-order valence-electron chi connectivity index (χ1n) is 14.9. The highest BCUT2D eigenvalue weighted by Crippen LogP contribution is 2.63. The van der Waals surface area contributed by atoms with Crippen molar-refractivity contribution in [2.75, 3.05) is 0 Å². The van der Waals surface area contributed by atoms with E-state index in [1.54, 1.807) is 0 Å². The number of rotatable bonds is 7. The third kappa shape index (κ3) is 4.91. The molecule has 6 rings (SSSR count). The first-order valence-corrected chi connectivity index (χ1v) is 14.9. The number of hydrogen-bond acceptors (Lipinski definition) is 0. The maximum Gasteiger partial charge on any atom is 0.0213 e. The van der Waals surface area contributed by atoms with E-state index in [1.165, 1.54) is 80.8 Å². The Balaban J connectivity index is 1.26. The molecular weight excluding hydrogens is 480 g/mol. The van der Waals surface area contributed by atoms with Gasteiger partial charge in [-0.05, 0) is 83.5 Å². The molecule has 2 fully saturated rings. The lowest BCUT2D eigenvalue weighted by Crippen LogP contribution is -2.23. The molecule has 0 aliphatic heterocycles. The molecular formula is C40H40. The highest BCUT2D eigenvalue weighted by Gasteiger charge is 2.51. The minimum Gasteiger partial charge on any atom is -0.0622 e. The van der Waals surface area contributed by atoms with Crippen LogP contribution in [0.4, 0.5) is 0 Å². The predicted molar refractivity (Wildman–Crippen MR) is 170 cm³/mol. The third-order valence-electron chi connectivity index (χ3n) is 8.87. The van der Waals surface area contributed by atoms with Crippen LogP contribution in [0, 0.1) is 72.0 Å². The second kappa shape index (κ2) is 11.3. The summed E-state index contributed by atoms with van der Waals surface area (Å²) in [6.45, 7) is 14.0. The molecule has 0 unspecified atom stereocenters. The molecule has 0 heterocycles. The lowest BCUT2D eigenvalue weighted by atomic mass is 9.67. The van der Waals surface area contributed by atoms with Gasteiger partial charge in [-0.1, -0.05) is 138 Å². The summed E-state index contributed by atoms with van der Waals surface area (Å²) in [5, 5.41) is 0. The van der Waals surface area contributed by atoms with E-state index in [2.05, 4.69) is 139 Å². The van der Waals surface area contributed by atoms with E-state index in [4.69, 9.17) is 0 Å². The van der Waals surface area contributed by atoms with Gasteiger partial charge in [-0.25, -0.2) is 0 Å². The van der Waals surface area contributed by atoms with Gasteiger partial charge in [-0.2, -0.15) is 0 Å². The SMILES string of the molecule is C[C]1[CH][C]2[C]([C]1CC[C]1[C](C)[CH][C]3[C]1C(C(C)C)=CC=C3c1ccccc1)C(C(C)C)=CC=C2c1ccccc1. The zero-order chi connectivity index (χ0) is 28.0. The maximum atomic E-state index is 2.45. The molecule has 10 radical (unpaired) electrons. The molecule has 0 spiro atoms. The van der Waals surface area contributed by atoms with Crippen LogP contribution < -0.4 is 0 Å². The van der Waals surface area contributed by atoms with Gasteiger partial charge < -0.3 is 0 Å². The van der Waals surface area contributed by atoms with Crippen LogP contribution in [0.5, 0.6) is 0 Å². The van der Waals surface area contributed by atoms with E-state index in [0.717, 1.165) is 12.8 Å². The van der Waals surface area contributed by atoms with Crippen LogP contribution in [-0.2, 0) is 0 Å². The molecule has 2 saturated carbocycles. The Morgan fingerprint density at radius 3 is 1.23 bits per heavy atom. The Bertz CT molecular complexity index is 1200. The van der Waals surface area contributed by atoms with Gasteiger partial charge in [0.2, 0.25) is 0 Å². The van der Waals surface area contributed by atoms with Gasteiger partial charge in [0.15, 0.2) is 0 Å². The topological polar surface area (TPSA) is 0 Å². The van der Waals surface area contributed by atoms with Crippen molar-refractivity contribution in [1.29, 1.82) is 0 Å². The maximum absolute atomic E-state index is 2.45. The zero-order valence-electron chi connectivity index (χ0n) is 24.8. The molecule has 0 aromatic heterocycles. The summed E-state index contributed by atoms with van der Waals surface area (Å²) in [5.41, 5.74) is 8.23. The highest BCUT2D eigenvalue weighted by atomic mass is 14.5. The average molecular weight is 521 g/mol. The van der Waals surface area contributed by atoms with Crippen LogP contribution >= 0.6 is 0 Å². The van der Waals surface area contributed by atoms with Crippen LogP contribution in [0.15, 0.2) is 96.1 Å². The van der Waals surface area contributed by atoms with Crippen LogP contribution in [0.25, 0.3) is 11.1 Å². The molecule has 40 heavy (non-hydrogen) atoms. The van der Waals surface area contributed by atoms with Crippen molar-refractivity contribution in [1.82, 2.24) is 0 Å². The van der Waals surface area contributed by atoms with E-state index < -0.39 is 0 Å². The van der Waals surface area contributed by atoms with Crippen LogP contribution in [0.2, 0.25) is 0 Å². The minimum absolute atomic E-state index is 0.482. The largest absolute Gasteiger partial charge is 0.0622 e. The van der Waals surface area contributed by atoms with Gasteiger partial charge in [0.1, 0.15) is 0 Å². The second-order valence-corrected chi connectivity index (χ2v) is 12.1.